The quantitative estimate of drug-likeness (QED) is 0.585. The molecule has 6 heteroatoms. The molecule has 0 aliphatic heterocycles. The van der Waals surface area contributed by atoms with E-state index >= 15 is 0 Å². The molecule has 4 N–H and O–H groups in total. The molecule has 112 valence electrons. The molecule has 1 unspecified atom stereocenters. The van der Waals surface area contributed by atoms with Crippen molar-refractivity contribution in [1.29, 1.82) is 0 Å². The molecule has 0 spiro atoms. The summed E-state index contributed by atoms with van der Waals surface area (Å²) in [5.41, 5.74) is 5.64. The third-order valence-electron chi connectivity index (χ3n) is 2.97. The minimum Gasteiger partial charge on any atom is -0.497 e. The zero-order valence-corrected chi connectivity index (χ0v) is 12.9. The van der Waals surface area contributed by atoms with Crippen molar-refractivity contribution in [3.8, 4) is 5.75 Å². The number of rotatable bonds is 5. The molecule has 0 amide bonds. The Morgan fingerprint density at radius 2 is 2.10 bits per heavy atom. The number of aliphatic imine (C=N–C) groups is 1. The third kappa shape index (κ3) is 4.21. The van der Waals surface area contributed by atoms with Crippen molar-refractivity contribution in [2.45, 2.75) is 12.5 Å². The number of hydrogen-bond acceptors (Lipinski definition) is 4. The second kappa shape index (κ2) is 6.60. The first-order valence-electron chi connectivity index (χ1n) is 6.48. The van der Waals surface area contributed by atoms with E-state index in [-0.39, 0.29) is 12.5 Å². The number of nitrogens with two attached hydrogens (primary N) is 1. The Kier molecular flexibility index (Phi) is 4.82. The summed E-state index contributed by atoms with van der Waals surface area (Å²) in [5.74, 6) is 1.04. The number of thiophene rings is 1. The minimum absolute atomic E-state index is 0.197. The zero-order valence-electron chi connectivity index (χ0n) is 12.0. The maximum absolute atomic E-state index is 10.4. The van der Waals surface area contributed by atoms with Crippen LogP contribution >= 0.6 is 11.3 Å². The highest BCUT2D eigenvalue weighted by atomic mass is 32.1. The van der Waals surface area contributed by atoms with Gasteiger partial charge in [0.2, 0.25) is 0 Å². The lowest BCUT2D eigenvalue weighted by Crippen LogP contribution is -2.29. The van der Waals surface area contributed by atoms with E-state index in [0.29, 0.717) is 0 Å². The lowest BCUT2D eigenvalue weighted by molar-refractivity contribution is 0.0713. The number of hydrogen-bond donors (Lipinski definition) is 3. The minimum atomic E-state index is -1.01. The van der Waals surface area contributed by atoms with Crippen LogP contribution in [0.25, 0.3) is 0 Å². The van der Waals surface area contributed by atoms with Crippen LogP contribution in [-0.2, 0) is 5.60 Å². The van der Waals surface area contributed by atoms with Gasteiger partial charge in [-0.05, 0) is 42.6 Å². The van der Waals surface area contributed by atoms with E-state index in [4.69, 9.17) is 10.5 Å². The summed E-state index contributed by atoms with van der Waals surface area (Å²) in [5, 5.41) is 15.3. The van der Waals surface area contributed by atoms with E-state index in [0.717, 1.165) is 16.3 Å². The Bertz CT molecular complexity index is 592. The molecule has 0 aliphatic rings. The van der Waals surface area contributed by atoms with Gasteiger partial charge in [-0.3, -0.25) is 0 Å². The van der Waals surface area contributed by atoms with Crippen LogP contribution in [0, 0.1) is 0 Å². The van der Waals surface area contributed by atoms with Crippen molar-refractivity contribution in [2.24, 2.45) is 10.7 Å². The Labute approximate surface area is 128 Å². The van der Waals surface area contributed by atoms with Crippen molar-refractivity contribution in [2.75, 3.05) is 19.0 Å². The predicted octanol–water partition coefficient (Wildman–Crippen LogP) is 2.39. The second-order valence-electron chi connectivity index (χ2n) is 4.81. The summed E-state index contributed by atoms with van der Waals surface area (Å²) in [4.78, 5) is 5.06. The number of ether oxygens (including phenoxy) is 1. The molecule has 0 fully saturated rings. The zero-order chi connectivity index (χ0) is 15.3. The average Bonchev–Trinajstić information content (AvgIpc) is 3.01. The van der Waals surface area contributed by atoms with Gasteiger partial charge in [0.05, 0.1) is 13.7 Å². The van der Waals surface area contributed by atoms with Gasteiger partial charge in [-0.25, -0.2) is 4.99 Å². The van der Waals surface area contributed by atoms with Crippen LogP contribution in [0.15, 0.2) is 46.8 Å². The maximum atomic E-state index is 10.4. The van der Waals surface area contributed by atoms with E-state index in [9.17, 15) is 5.11 Å². The number of benzene rings is 1. The first-order chi connectivity index (χ1) is 10.0. The molecule has 2 rings (SSSR count). The fraction of sp³-hybridized carbons (Fsp3) is 0.267. The number of aliphatic hydroxyl groups is 1. The molecule has 0 saturated heterocycles. The van der Waals surface area contributed by atoms with Crippen LogP contribution < -0.4 is 15.8 Å². The first kappa shape index (κ1) is 15.3. The van der Waals surface area contributed by atoms with Gasteiger partial charge in [0, 0.05) is 10.6 Å². The van der Waals surface area contributed by atoms with Crippen LogP contribution in [0.1, 0.15) is 11.8 Å². The normalized spacial score (nSPS) is 14.5. The molecule has 0 radical (unpaired) electrons. The molecule has 1 atom stereocenters. The molecule has 0 saturated carbocycles. The van der Waals surface area contributed by atoms with Crippen molar-refractivity contribution >= 4 is 23.0 Å². The van der Waals surface area contributed by atoms with Crippen molar-refractivity contribution in [3.63, 3.8) is 0 Å². The SMILES string of the molecule is COc1ccc(NC(N)=NCC(C)(O)c2cccs2)cc1. The molecule has 1 aromatic heterocycles. The lowest BCUT2D eigenvalue weighted by atomic mass is 10.1. The summed E-state index contributed by atoms with van der Waals surface area (Å²) in [6, 6.07) is 11.1. The third-order valence-corrected chi connectivity index (χ3v) is 4.09. The van der Waals surface area contributed by atoms with Crippen molar-refractivity contribution in [1.82, 2.24) is 0 Å². The summed E-state index contributed by atoms with van der Waals surface area (Å²) >= 11 is 1.50. The van der Waals surface area contributed by atoms with E-state index in [1.165, 1.54) is 11.3 Å². The lowest BCUT2D eigenvalue weighted by Gasteiger charge is -2.19. The molecule has 0 bridgehead atoms. The largest absolute Gasteiger partial charge is 0.497 e. The number of methoxy groups -OCH3 is 1. The van der Waals surface area contributed by atoms with Crippen LogP contribution in [0.3, 0.4) is 0 Å². The molecule has 5 nitrogen and oxygen atoms in total. The average molecular weight is 305 g/mol. The fourth-order valence-electron chi connectivity index (χ4n) is 1.76. The standard InChI is InChI=1S/C15H19N3O2S/c1-15(19,13-4-3-9-21-13)10-17-14(16)18-11-5-7-12(20-2)8-6-11/h3-9,19H,10H2,1-2H3,(H3,16,17,18). The molecule has 1 aromatic carbocycles. The molecule has 2 aromatic rings. The highest BCUT2D eigenvalue weighted by molar-refractivity contribution is 7.10. The highest BCUT2D eigenvalue weighted by Gasteiger charge is 2.23. The number of guanidine groups is 1. The van der Waals surface area contributed by atoms with E-state index in [2.05, 4.69) is 10.3 Å². The Hall–Kier alpha value is -2.05. The summed E-state index contributed by atoms with van der Waals surface area (Å²) in [6.45, 7) is 1.92. The highest BCUT2D eigenvalue weighted by Crippen LogP contribution is 2.25. The van der Waals surface area contributed by atoms with Crippen LogP contribution in [0.4, 0.5) is 5.69 Å². The maximum Gasteiger partial charge on any atom is 0.193 e. The predicted molar refractivity (Wildman–Crippen MR) is 87.0 cm³/mol. The number of nitrogens with one attached hydrogen (secondary N) is 1. The van der Waals surface area contributed by atoms with E-state index < -0.39 is 5.60 Å². The van der Waals surface area contributed by atoms with Crippen LogP contribution in [0.2, 0.25) is 0 Å². The van der Waals surface area contributed by atoms with Crippen LogP contribution in [0.5, 0.6) is 5.75 Å². The molecule has 21 heavy (non-hydrogen) atoms. The summed E-state index contributed by atoms with van der Waals surface area (Å²) in [7, 11) is 1.62. The van der Waals surface area contributed by atoms with Gasteiger partial charge in [0.15, 0.2) is 5.96 Å². The Balaban J connectivity index is 1.97. The Morgan fingerprint density at radius 3 is 2.67 bits per heavy atom. The van der Waals surface area contributed by atoms with Gasteiger partial charge in [0.25, 0.3) is 0 Å². The second-order valence-corrected chi connectivity index (χ2v) is 5.75. The fourth-order valence-corrected chi connectivity index (χ4v) is 2.54. The van der Waals surface area contributed by atoms with Crippen molar-refractivity contribution < 1.29 is 9.84 Å². The van der Waals surface area contributed by atoms with Crippen molar-refractivity contribution in [3.05, 3.63) is 46.7 Å². The van der Waals surface area contributed by atoms with Gasteiger partial charge in [-0.2, -0.15) is 0 Å². The molecule has 0 aliphatic carbocycles. The first-order valence-corrected chi connectivity index (χ1v) is 7.36. The molecular weight excluding hydrogens is 286 g/mol. The molecule has 1 heterocycles. The van der Waals surface area contributed by atoms with Gasteiger partial charge >= 0.3 is 0 Å². The summed E-state index contributed by atoms with van der Waals surface area (Å²) < 4.78 is 5.09. The molecular formula is C15H19N3O2S. The number of nitrogens with zero attached hydrogens (tertiary/aromatic N) is 1. The van der Waals surface area contributed by atoms with Gasteiger partial charge < -0.3 is 20.9 Å². The monoisotopic (exact) mass is 305 g/mol. The smallest absolute Gasteiger partial charge is 0.193 e. The van der Waals surface area contributed by atoms with E-state index in [1.807, 2.05) is 41.8 Å². The van der Waals surface area contributed by atoms with E-state index in [1.54, 1.807) is 14.0 Å². The van der Waals surface area contributed by atoms with Gasteiger partial charge in [-0.15, -0.1) is 11.3 Å². The number of anilines is 1. The topological polar surface area (TPSA) is 79.9 Å². The van der Waals surface area contributed by atoms with Gasteiger partial charge in [-0.1, -0.05) is 6.07 Å². The van der Waals surface area contributed by atoms with Gasteiger partial charge in [0.1, 0.15) is 11.4 Å². The Morgan fingerprint density at radius 1 is 1.38 bits per heavy atom. The van der Waals surface area contributed by atoms with Crippen LogP contribution in [-0.4, -0.2) is 24.7 Å². The summed E-state index contributed by atoms with van der Waals surface area (Å²) in [6.07, 6.45) is 0.